The van der Waals surface area contributed by atoms with Gasteiger partial charge in [-0.1, -0.05) is 23.7 Å². The highest BCUT2D eigenvalue weighted by Crippen LogP contribution is 2.09. The molecule has 0 aromatic heterocycles. The summed E-state index contributed by atoms with van der Waals surface area (Å²) in [7, 11) is 0. The van der Waals surface area contributed by atoms with Gasteiger partial charge < -0.3 is 5.32 Å². The van der Waals surface area contributed by atoms with Gasteiger partial charge in [0.1, 0.15) is 0 Å². The summed E-state index contributed by atoms with van der Waals surface area (Å²) in [4.78, 5) is 0. The van der Waals surface area contributed by atoms with Gasteiger partial charge in [0.2, 0.25) is 0 Å². The molecule has 0 unspecified atom stereocenters. The summed E-state index contributed by atoms with van der Waals surface area (Å²) >= 11 is 5.78. The van der Waals surface area contributed by atoms with E-state index < -0.39 is 0 Å². The van der Waals surface area contributed by atoms with Crippen molar-refractivity contribution in [3.8, 4) is 12.3 Å². The van der Waals surface area contributed by atoms with Crippen molar-refractivity contribution in [2.75, 3.05) is 13.1 Å². The predicted molar refractivity (Wildman–Crippen MR) is 61.5 cm³/mol. The molecule has 74 valence electrons. The second kappa shape index (κ2) is 6.48. The molecular formula is C12H14ClN. The quantitative estimate of drug-likeness (QED) is 0.578. The molecule has 0 aliphatic rings. The minimum absolute atomic E-state index is 0.786. The van der Waals surface area contributed by atoms with Crippen LogP contribution >= 0.6 is 11.6 Å². The van der Waals surface area contributed by atoms with Crippen LogP contribution in [0.2, 0.25) is 5.02 Å². The maximum atomic E-state index is 5.78. The number of benzene rings is 1. The Bertz CT molecular complexity index is 297. The number of rotatable bonds is 5. The van der Waals surface area contributed by atoms with Crippen molar-refractivity contribution in [1.29, 1.82) is 0 Å². The average molecular weight is 208 g/mol. The van der Waals surface area contributed by atoms with E-state index in [9.17, 15) is 0 Å². The Balaban J connectivity index is 2.19. The van der Waals surface area contributed by atoms with Gasteiger partial charge in [-0.2, -0.15) is 0 Å². The first-order valence-corrected chi connectivity index (χ1v) is 5.09. The van der Waals surface area contributed by atoms with E-state index in [1.807, 2.05) is 24.3 Å². The Kier molecular flexibility index (Phi) is 5.14. The lowest BCUT2D eigenvalue weighted by molar-refractivity contribution is 0.694. The van der Waals surface area contributed by atoms with Crippen LogP contribution in [-0.4, -0.2) is 13.1 Å². The topological polar surface area (TPSA) is 12.0 Å². The van der Waals surface area contributed by atoms with E-state index in [1.54, 1.807) is 0 Å². The molecule has 0 heterocycles. The molecular weight excluding hydrogens is 194 g/mol. The summed E-state index contributed by atoms with van der Waals surface area (Å²) in [6, 6.07) is 7.92. The molecule has 14 heavy (non-hydrogen) atoms. The molecule has 1 aromatic rings. The van der Waals surface area contributed by atoms with Gasteiger partial charge in [0, 0.05) is 18.0 Å². The molecule has 1 nitrogen and oxygen atoms in total. The lowest BCUT2D eigenvalue weighted by atomic mass is 10.1. The standard InChI is InChI=1S/C12H14ClN/c1-2-3-9-14-10-8-11-4-6-12(13)7-5-11/h1,4-7,14H,3,8-10H2. The SMILES string of the molecule is C#CCCNCCc1ccc(Cl)cc1. The van der Waals surface area contributed by atoms with Crippen molar-refractivity contribution in [2.45, 2.75) is 12.8 Å². The first kappa shape index (κ1) is 11.1. The minimum atomic E-state index is 0.786. The van der Waals surface area contributed by atoms with E-state index in [1.165, 1.54) is 5.56 Å². The van der Waals surface area contributed by atoms with Crippen LogP contribution in [0, 0.1) is 12.3 Å². The summed E-state index contributed by atoms with van der Waals surface area (Å²) in [5.74, 6) is 2.59. The largest absolute Gasteiger partial charge is 0.315 e. The fraction of sp³-hybridized carbons (Fsp3) is 0.333. The summed E-state index contributed by atoms with van der Waals surface area (Å²) < 4.78 is 0. The van der Waals surface area contributed by atoms with Crippen molar-refractivity contribution in [3.05, 3.63) is 34.9 Å². The van der Waals surface area contributed by atoms with Crippen molar-refractivity contribution in [2.24, 2.45) is 0 Å². The number of terminal acetylenes is 1. The van der Waals surface area contributed by atoms with Gasteiger partial charge >= 0.3 is 0 Å². The summed E-state index contributed by atoms with van der Waals surface area (Å²) in [5, 5.41) is 4.06. The molecule has 0 bridgehead atoms. The zero-order valence-electron chi connectivity index (χ0n) is 8.09. The smallest absolute Gasteiger partial charge is 0.0406 e. The molecule has 0 radical (unpaired) electrons. The Morgan fingerprint density at radius 1 is 1.21 bits per heavy atom. The van der Waals surface area contributed by atoms with Gasteiger partial charge in [0.15, 0.2) is 0 Å². The third-order valence-corrected chi connectivity index (χ3v) is 2.20. The molecule has 0 saturated carbocycles. The van der Waals surface area contributed by atoms with E-state index in [-0.39, 0.29) is 0 Å². The number of nitrogens with one attached hydrogen (secondary N) is 1. The second-order valence-electron chi connectivity index (χ2n) is 3.08. The van der Waals surface area contributed by atoms with Crippen molar-refractivity contribution in [3.63, 3.8) is 0 Å². The van der Waals surface area contributed by atoms with Crippen LogP contribution in [0.5, 0.6) is 0 Å². The first-order chi connectivity index (χ1) is 6.83. The summed E-state index contributed by atoms with van der Waals surface area (Å²) in [6.07, 6.45) is 6.94. The first-order valence-electron chi connectivity index (χ1n) is 4.71. The Hall–Kier alpha value is -0.970. The molecule has 2 heteroatoms. The Morgan fingerprint density at radius 3 is 2.57 bits per heavy atom. The summed E-state index contributed by atoms with van der Waals surface area (Å²) in [6.45, 7) is 1.85. The van der Waals surface area contributed by atoms with Crippen LogP contribution in [0.15, 0.2) is 24.3 Å². The van der Waals surface area contributed by atoms with Gasteiger partial charge in [-0.3, -0.25) is 0 Å². The van der Waals surface area contributed by atoms with Gasteiger partial charge in [-0.15, -0.1) is 12.3 Å². The van der Waals surface area contributed by atoms with E-state index in [0.29, 0.717) is 0 Å². The molecule has 0 aliphatic heterocycles. The highest BCUT2D eigenvalue weighted by atomic mass is 35.5. The molecule has 1 aromatic carbocycles. The van der Waals surface area contributed by atoms with Crippen LogP contribution in [0.1, 0.15) is 12.0 Å². The van der Waals surface area contributed by atoms with Crippen molar-refractivity contribution >= 4 is 11.6 Å². The number of halogens is 1. The van der Waals surface area contributed by atoms with E-state index >= 15 is 0 Å². The number of hydrogen-bond acceptors (Lipinski definition) is 1. The summed E-state index contributed by atoms with van der Waals surface area (Å²) in [5.41, 5.74) is 1.29. The van der Waals surface area contributed by atoms with E-state index in [4.69, 9.17) is 18.0 Å². The van der Waals surface area contributed by atoms with Crippen LogP contribution in [-0.2, 0) is 6.42 Å². The second-order valence-corrected chi connectivity index (χ2v) is 3.52. The Morgan fingerprint density at radius 2 is 1.93 bits per heavy atom. The van der Waals surface area contributed by atoms with Gasteiger partial charge in [0.25, 0.3) is 0 Å². The van der Waals surface area contributed by atoms with E-state index in [0.717, 1.165) is 31.0 Å². The van der Waals surface area contributed by atoms with Crippen LogP contribution in [0.4, 0.5) is 0 Å². The zero-order valence-corrected chi connectivity index (χ0v) is 8.85. The van der Waals surface area contributed by atoms with Crippen molar-refractivity contribution in [1.82, 2.24) is 5.32 Å². The fourth-order valence-corrected chi connectivity index (χ4v) is 1.30. The molecule has 0 atom stereocenters. The van der Waals surface area contributed by atoms with E-state index in [2.05, 4.69) is 11.2 Å². The monoisotopic (exact) mass is 207 g/mol. The highest BCUT2D eigenvalue weighted by Gasteiger charge is 1.92. The molecule has 1 rings (SSSR count). The van der Waals surface area contributed by atoms with Crippen LogP contribution in [0.25, 0.3) is 0 Å². The maximum Gasteiger partial charge on any atom is 0.0406 e. The van der Waals surface area contributed by atoms with Crippen molar-refractivity contribution < 1.29 is 0 Å². The predicted octanol–water partition coefficient (Wildman–Crippen LogP) is 2.50. The van der Waals surface area contributed by atoms with Gasteiger partial charge in [-0.25, -0.2) is 0 Å². The number of hydrogen-bond donors (Lipinski definition) is 1. The molecule has 0 aliphatic carbocycles. The molecule has 1 N–H and O–H groups in total. The average Bonchev–Trinajstić information content (AvgIpc) is 2.21. The molecule has 0 fully saturated rings. The van der Waals surface area contributed by atoms with Crippen LogP contribution < -0.4 is 5.32 Å². The third kappa shape index (κ3) is 4.32. The lowest BCUT2D eigenvalue weighted by Crippen LogP contribution is -2.17. The van der Waals surface area contributed by atoms with Gasteiger partial charge in [0.05, 0.1) is 0 Å². The minimum Gasteiger partial charge on any atom is -0.315 e. The maximum absolute atomic E-state index is 5.78. The normalized spacial score (nSPS) is 9.71. The third-order valence-electron chi connectivity index (χ3n) is 1.95. The molecule has 0 spiro atoms. The van der Waals surface area contributed by atoms with Gasteiger partial charge in [-0.05, 0) is 30.7 Å². The van der Waals surface area contributed by atoms with Crippen LogP contribution in [0.3, 0.4) is 0 Å². The highest BCUT2D eigenvalue weighted by molar-refractivity contribution is 6.30. The molecule has 0 amide bonds. The Labute approximate surface area is 90.5 Å². The lowest BCUT2D eigenvalue weighted by Gasteiger charge is -2.02. The molecule has 0 saturated heterocycles. The zero-order chi connectivity index (χ0) is 10.2. The fourth-order valence-electron chi connectivity index (χ4n) is 1.17.